The Labute approximate surface area is 198 Å². The molecule has 7 nitrogen and oxygen atoms in total. The van der Waals surface area contributed by atoms with Gasteiger partial charge in [0, 0.05) is 35.6 Å². The molecule has 32 heavy (non-hydrogen) atoms. The minimum absolute atomic E-state index is 0.283. The highest BCUT2D eigenvalue weighted by molar-refractivity contribution is 7.84. The second-order valence-corrected chi connectivity index (χ2v) is 10.3. The van der Waals surface area contributed by atoms with E-state index >= 15 is 0 Å². The molecule has 1 aliphatic carbocycles. The Balaban J connectivity index is 1.65. The van der Waals surface area contributed by atoms with Gasteiger partial charge in [0.1, 0.15) is 11.1 Å². The number of nitrogens with two attached hydrogens (primary N) is 1. The highest BCUT2D eigenvalue weighted by Crippen LogP contribution is 2.49. The van der Waals surface area contributed by atoms with Crippen LogP contribution in [0, 0.1) is 16.7 Å². The Morgan fingerprint density at radius 2 is 2.31 bits per heavy atom. The second kappa shape index (κ2) is 9.22. The Bertz CT molecular complexity index is 1100. The lowest BCUT2D eigenvalue weighted by Gasteiger charge is -2.35. The van der Waals surface area contributed by atoms with Crippen LogP contribution in [0.4, 0.5) is 10.9 Å². The number of rotatable bonds is 4. The van der Waals surface area contributed by atoms with Gasteiger partial charge >= 0.3 is 0 Å². The van der Waals surface area contributed by atoms with Gasteiger partial charge in [-0.15, -0.1) is 24.0 Å². The molecule has 0 bridgehead atoms. The van der Waals surface area contributed by atoms with E-state index in [1.165, 1.54) is 11.3 Å². The van der Waals surface area contributed by atoms with Crippen LogP contribution in [0.5, 0.6) is 0 Å². The van der Waals surface area contributed by atoms with E-state index in [1.54, 1.807) is 18.3 Å². The number of thiol groups is 1. The van der Waals surface area contributed by atoms with Crippen molar-refractivity contribution in [2.24, 2.45) is 0 Å². The van der Waals surface area contributed by atoms with Crippen molar-refractivity contribution in [3.8, 4) is 6.07 Å². The molecule has 9 heteroatoms. The molecule has 2 atom stereocenters. The molecular formula is C23H29N7S2. The van der Waals surface area contributed by atoms with E-state index in [2.05, 4.69) is 35.1 Å². The van der Waals surface area contributed by atoms with E-state index in [1.807, 2.05) is 0 Å². The normalized spacial score (nSPS) is 23.9. The van der Waals surface area contributed by atoms with Crippen LogP contribution < -0.4 is 16.0 Å². The number of hydrogen-bond acceptors (Lipinski definition) is 9. The largest absolute Gasteiger partial charge is 0.389 e. The molecule has 0 unspecified atom stereocenters. The zero-order valence-corrected chi connectivity index (χ0v) is 20.2. The first-order valence-corrected chi connectivity index (χ1v) is 12.2. The maximum atomic E-state index is 9.70. The van der Waals surface area contributed by atoms with Crippen LogP contribution in [-0.4, -0.2) is 41.4 Å². The average Bonchev–Trinajstić information content (AvgIpc) is 2.96. The van der Waals surface area contributed by atoms with E-state index in [0.717, 1.165) is 60.7 Å². The molecule has 1 aliphatic heterocycles. The fourth-order valence-corrected chi connectivity index (χ4v) is 6.22. The van der Waals surface area contributed by atoms with E-state index in [9.17, 15) is 5.26 Å². The van der Waals surface area contributed by atoms with Crippen LogP contribution in [0.15, 0.2) is 23.2 Å². The molecule has 0 aromatic carbocycles. The average molecular weight is 468 g/mol. The fourth-order valence-electron chi connectivity index (χ4n) is 4.67. The predicted octanol–water partition coefficient (Wildman–Crippen LogP) is 3.66. The summed E-state index contributed by atoms with van der Waals surface area (Å²) in [6.45, 7) is 7.02. The summed E-state index contributed by atoms with van der Waals surface area (Å²) in [6.07, 6.45) is 7.31. The minimum atomic E-state index is -0.441. The number of nitrogens with one attached hydrogen (secondary N) is 2. The number of aromatic nitrogens is 2. The molecule has 3 heterocycles. The Hall–Kier alpha value is -2.41. The number of nitriles is 1. The minimum Gasteiger partial charge on any atom is -0.389 e. The van der Waals surface area contributed by atoms with Crippen molar-refractivity contribution in [2.45, 2.75) is 51.0 Å². The number of nitrogens with zero attached hydrogens (tertiary/aromatic N) is 4. The van der Waals surface area contributed by atoms with E-state index in [0.29, 0.717) is 22.2 Å². The Morgan fingerprint density at radius 1 is 1.50 bits per heavy atom. The maximum Gasteiger partial charge on any atom is 0.226 e. The van der Waals surface area contributed by atoms with Gasteiger partial charge in [-0.2, -0.15) is 5.26 Å². The number of hydrogen-bond donors (Lipinski definition) is 4. The highest BCUT2D eigenvalue weighted by Gasteiger charge is 2.39. The molecule has 0 spiro atoms. The lowest BCUT2D eigenvalue weighted by molar-refractivity contribution is 0.479. The van der Waals surface area contributed by atoms with Crippen molar-refractivity contribution < 1.29 is 0 Å². The molecular weight excluding hydrogens is 438 g/mol. The Morgan fingerprint density at radius 3 is 3.09 bits per heavy atom. The molecule has 4 rings (SSSR count). The molecule has 1 fully saturated rings. The summed E-state index contributed by atoms with van der Waals surface area (Å²) in [5.41, 5.74) is 8.09. The molecule has 1 saturated heterocycles. The van der Waals surface area contributed by atoms with Gasteiger partial charge in [-0.05, 0) is 61.8 Å². The van der Waals surface area contributed by atoms with Crippen LogP contribution in [0.25, 0.3) is 0 Å². The topological polar surface area (TPSA) is 115 Å². The smallest absolute Gasteiger partial charge is 0.226 e. The van der Waals surface area contributed by atoms with Crippen molar-refractivity contribution in [2.75, 3.05) is 30.3 Å². The molecule has 0 saturated carbocycles. The number of allylic oxidation sites excluding steroid dienone is 2. The lowest BCUT2D eigenvalue weighted by Crippen LogP contribution is -2.38. The van der Waals surface area contributed by atoms with Crippen LogP contribution in [0.3, 0.4) is 0 Å². The summed E-state index contributed by atoms with van der Waals surface area (Å²) in [6, 6.07) is 4.34. The van der Waals surface area contributed by atoms with Crippen molar-refractivity contribution in [3.63, 3.8) is 0 Å². The fraction of sp³-hybridized carbons (Fsp3) is 0.478. The zero-order valence-electron chi connectivity index (χ0n) is 18.5. The number of nitrogen functional groups attached to an aromatic ring is 1. The SMILES string of the molecule is C[C@H]1CNCCCN1c1nccc(C(=N)/C=C(\S)[C@@]2(C)CCCc3sc(N)c(C#N)c32)n1. The van der Waals surface area contributed by atoms with Gasteiger partial charge in [-0.3, -0.25) is 5.41 Å². The predicted molar refractivity (Wildman–Crippen MR) is 134 cm³/mol. The summed E-state index contributed by atoms with van der Waals surface area (Å²) in [5.74, 6) is 0.654. The summed E-state index contributed by atoms with van der Waals surface area (Å²) in [7, 11) is 0. The van der Waals surface area contributed by atoms with Gasteiger partial charge < -0.3 is 16.0 Å². The Kier molecular flexibility index (Phi) is 6.56. The summed E-state index contributed by atoms with van der Waals surface area (Å²) < 4.78 is 0. The van der Waals surface area contributed by atoms with E-state index in [4.69, 9.17) is 28.8 Å². The van der Waals surface area contributed by atoms with Gasteiger partial charge in [0.15, 0.2) is 0 Å². The summed E-state index contributed by atoms with van der Waals surface area (Å²) in [5, 5.41) is 22.4. The van der Waals surface area contributed by atoms with Crippen LogP contribution in [0.1, 0.15) is 54.8 Å². The van der Waals surface area contributed by atoms with Crippen molar-refractivity contribution in [1.29, 1.82) is 10.7 Å². The van der Waals surface area contributed by atoms with Crippen LogP contribution in [-0.2, 0) is 11.8 Å². The van der Waals surface area contributed by atoms with Crippen molar-refractivity contribution in [1.82, 2.24) is 15.3 Å². The lowest BCUT2D eigenvalue weighted by atomic mass is 9.72. The summed E-state index contributed by atoms with van der Waals surface area (Å²) >= 11 is 6.34. The monoisotopic (exact) mass is 467 g/mol. The third kappa shape index (κ3) is 4.15. The van der Waals surface area contributed by atoms with Gasteiger partial charge in [-0.25, -0.2) is 9.97 Å². The number of fused-ring (bicyclic) bond motifs is 1. The van der Waals surface area contributed by atoms with Crippen molar-refractivity contribution >= 4 is 40.6 Å². The third-order valence-corrected chi connectivity index (χ3v) is 8.20. The van der Waals surface area contributed by atoms with E-state index < -0.39 is 5.41 Å². The molecule has 2 aliphatic rings. The van der Waals surface area contributed by atoms with Gasteiger partial charge in [0.2, 0.25) is 5.95 Å². The number of anilines is 2. The maximum absolute atomic E-state index is 9.70. The van der Waals surface area contributed by atoms with Gasteiger partial charge in [0.25, 0.3) is 0 Å². The summed E-state index contributed by atoms with van der Waals surface area (Å²) in [4.78, 5) is 13.3. The first-order chi connectivity index (χ1) is 15.3. The van der Waals surface area contributed by atoms with Gasteiger partial charge in [-0.1, -0.05) is 6.92 Å². The quantitative estimate of drug-likeness (QED) is 0.403. The third-order valence-electron chi connectivity index (χ3n) is 6.50. The first kappa shape index (κ1) is 22.8. The highest BCUT2D eigenvalue weighted by atomic mass is 32.1. The van der Waals surface area contributed by atoms with Crippen LogP contribution in [0.2, 0.25) is 0 Å². The molecule has 0 radical (unpaired) electrons. The molecule has 168 valence electrons. The number of aryl methyl sites for hydroxylation is 1. The zero-order chi connectivity index (χ0) is 22.9. The first-order valence-electron chi connectivity index (χ1n) is 11.0. The van der Waals surface area contributed by atoms with Crippen LogP contribution >= 0.6 is 24.0 Å². The molecule has 2 aromatic heterocycles. The molecule has 2 aromatic rings. The van der Waals surface area contributed by atoms with Gasteiger partial charge in [0.05, 0.1) is 17.0 Å². The molecule has 4 N–H and O–H groups in total. The van der Waals surface area contributed by atoms with E-state index in [-0.39, 0.29) is 11.8 Å². The standard InChI is InChI=1S/C23H29N7S2/c1-14-13-27-8-4-10-30(14)22-28-9-6-17(29-22)16(25)11-19(31)23(2)7-3-5-18-20(23)15(12-24)21(26)32-18/h6,9,11,14,25,27,31H,3-5,7-8,10,13,26H2,1-2H3/b19-11-,25-16?/t14-,23+/m0/s1. The second-order valence-electron chi connectivity index (χ2n) is 8.72. The molecule has 0 amide bonds. The number of thiophene rings is 1. The van der Waals surface area contributed by atoms with Crippen molar-refractivity contribution in [3.05, 3.63) is 44.9 Å².